The molecule has 0 atom stereocenters. The third kappa shape index (κ3) is 17.5. The van der Waals surface area contributed by atoms with E-state index in [2.05, 4.69) is 6.58 Å². The van der Waals surface area contributed by atoms with Crippen molar-refractivity contribution in [2.75, 3.05) is 26.4 Å². The van der Waals surface area contributed by atoms with Crippen molar-refractivity contribution in [2.24, 2.45) is 0 Å². The Balaban J connectivity index is 0. The minimum absolute atomic E-state index is 0.124. The van der Waals surface area contributed by atoms with E-state index in [1.54, 1.807) is 6.92 Å². The summed E-state index contributed by atoms with van der Waals surface area (Å²) in [4.78, 5) is 11.8. The molecule has 6 nitrogen and oxygen atoms in total. The molecule has 0 aromatic carbocycles. The molecule has 0 saturated carbocycles. The first-order valence-corrected chi connectivity index (χ1v) is 7.22. The normalized spacial score (nSPS) is 10.7. The summed E-state index contributed by atoms with van der Waals surface area (Å²) in [5.41, 5.74) is 0.264. The molecule has 0 bridgehead atoms. The van der Waals surface area contributed by atoms with Crippen molar-refractivity contribution >= 4 is 16.1 Å². The summed E-state index contributed by atoms with van der Waals surface area (Å²) >= 11 is 0. The summed E-state index contributed by atoms with van der Waals surface area (Å²) in [5, 5.41) is 8.08. The molecule has 0 fully saturated rings. The summed E-state index contributed by atoms with van der Waals surface area (Å²) in [6, 6.07) is 0. The number of rotatable bonds is 7. The summed E-state index contributed by atoms with van der Waals surface area (Å²) in [5.74, 6) is -1.02. The largest absolute Gasteiger partial charge is 0.478 e. The van der Waals surface area contributed by atoms with Gasteiger partial charge in [0.05, 0.1) is 5.75 Å². The molecular formula is C11H23NO5S. The first-order chi connectivity index (χ1) is 8.10. The molecule has 18 heavy (non-hydrogen) atoms. The molecule has 0 radical (unpaired) electrons. The second-order valence-electron chi connectivity index (χ2n) is 4.06. The van der Waals surface area contributed by atoms with Crippen LogP contribution in [0.15, 0.2) is 12.2 Å². The fraction of sp³-hybridized carbons (Fsp3) is 0.727. The van der Waals surface area contributed by atoms with Crippen LogP contribution >= 0.6 is 0 Å². The molecule has 0 aliphatic heterocycles. The number of nitrogens with zero attached hydrogens (tertiary/aromatic N) is 1. The Morgan fingerprint density at radius 2 is 1.78 bits per heavy atom. The number of carboxylic acids is 1. The molecule has 0 spiro atoms. The fourth-order valence-electron chi connectivity index (χ4n) is 0.864. The third-order valence-corrected chi connectivity index (χ3v) is 2.79. The summed E-state index contributed by atoms with van der Waals surface area (Å²) in [6.07, 6.45) is 1.85. The molecule has 0 aromatic heterocycles. The monoisotopic (exact) mass is 281 g/mol. The Morgan fingerprint density at radius 1 is 1.28 bits per heavy atom. The zero-order valence-corrected chi connectivity index (χ0v) is 12.0. The van der Waals surface area contributed by atoms with Gasteiger partial charge in [-0.2, -0.15) is 8.42 Å². The Bertz CT molecular complexity index is 348. The van der Waals surface area contributed by atoms with Crippen LogP contribution in [0.25, 0.3) is 0 Å². The molecule has 0 aromatic rings. The van der Waals surface area contributed by atoms with Gasteiger partial charge in [0.1, 0.15) is 0 Å². The maximum Gasteiger partial charge on any atom is 0.330 e. The lowest BCUT2D eigenvalue weighted by atomic mass is 10.2. The number of carbonyl (C=O) groups is 1. The van der Waals surface area contributed by atoms with E-state index in [1.807, 2.05) is 19.0 Å². The zero-order chi connectivity index (χ0) is 14.8. The predicted octanol–water partition coefficient (Wildman–Crippen LogP) is 1.25. The molecule has 7 heteroatoms. The van der Waals surface area contributed by atoms with Gasteiger partial charge in [0.2, 0.25) is 0 Å². The second-order valence-corrected chi connectivity index (χ2v) is 5.63. The number of aliphatic carboxylic acids is 1. The van der Waals surface area contributed by atoms with Gasteiger partial charge in [0.15, 0.2) is 0 Å². The van der Waals surface area contributed by atoms with E-state index >= 15 is 0 Å². The lowest BCUT2D eigenvalue weighted by Crippen LogP contribution is -2.14. The van der Waals surface area contributed by atoms with Gasteiger partial charge < -0.3 is 10.0 Å². The standard InChI is InChI=1S/C6H15NO3S.C5H8O2/c1-7(2)5-3-4-6-11(8,9)10;1-3-4(2)5(6)7/h3-6H2,1-2H3,(H,8,9,10);2-3H2,1H3,(H,6,7). The van der Waals surface area contributed by atoms with E-state index in [0.717, 1.165) is 13.0 Å². The topological polar surface area (TPSA) is 94.9 Å². The van der Waals surface area contributed by atoms with Crippen LogP contribution in [0.4, 0.5) is 0 Å². The van der Waals surface area contributed by atoms with Crippen molar-refractivity contribution in [3.05, 3.63) is 12.2 Å². The maximum atomic E-state index is 10.2. The lowest BCUT2D eigenvalue weighted by molar-refractivity contribution is -0.132. The van der Waals surface area contributed by atoms with Gasteiger partial charge >= 0.3 is 5.97 Å². The number of hydrogen-bond acceptors (Lipinski definition) is 4. The molecule has 0 amide bonds. The van der Waals surface area contributed by atoms with Crippen molar-refractivity contribution in [1.29, 1.82) is 0 Å². The van der Waals surface area contributed by atoms with Crippen LogP contribution in [0.3, 0.4) is 0 Å². The summed E-state index contributed by atoms with van der Waals surface area (Å²) in [7, 11) is 0.108. The van der Waals surface area contributed by atoms with Crippen molar-refractivity contribution in [2.45, 2.75) is 26.2 Å². The Kier molecular flexibility index (Phi) is 10.8. The van der Waals surface area contributed by atoms with E-state index in [1.165, 1.54) is 0 Å². The zero-order valence-electron chi connectivity index (χ0n) is 11.2. The van der Waals surface area contributed by atoms with E-state index in [0.29, 0.717) is 12.8 Å². The molecule has 0 saturated heterocycles. The molecule has 0 rings (SSSR count). The van der Waals surface area contributed by atoms with Gasteiger partial charge in [-0.1, -0.05) is 13.5 Å². The van der Waals surface area contributed by atoms with E-state index < -0.39 is 16.1 Å². The summed E-state index contributed by atoms with van der Waals surface area (Å²) < 4.78 is 28.8. The van der Waals surface area contributed by atoms with Crippen LogP contribution in [0.5, 0.6) is 0 Å². The van der Waals surface area contributed by atoms with Crippen LogP contribution in [0.2, 0.25) is 0 Å². The van der Waals surface area contributed by atoms with E-state index in [9.17, 15) is 13.2 Å². The third-order valence-electron chi connectivity index (χ3n) is 1.99. The molecule has 0 unspecified atom stereocenters. The highest BCUT2D eigenvalue weighted by Gasteiger charge is 2.02. The van der Waals surface area contributed by atoms with Crippen LogP contribution < -0.4 is 0 Å². The molecule has 0 aliphatic rings. The van der Waals surface area contributed by atoms with Gasteiger partial charge in [-0.15, -0.1) is 0 Å². The number of hydrogen-bond donors (Lipinski definition) is 2. The Labute approximate surface area is 109 Å². The van der Waals surface area contributed by atoms with Crippen LogP contribution in [-0.4, -0.2) is 55.3 Å². The summed E-state index contributed by atoms with van der Waals surface area (Å²) in [6.45, 7) is 5.89. The first kappa shape index (κ1) is 19.4. The smallest absolute Gasteiger partial charge is 0.330 e. The average molecular weight is 281 g/mol. The molecule has 108 valence electrons. The Morgan fingerprint density at radius 3 is 2.00 bits per heavy atom. The average Bonchev–Trinajstić information content (AvgIpc) is 2.22. The highest BCUT2D eigenvalue weighted by molar-refractivity contribution is 7.85. The van der Waals surface area contributed by atoms with E-state index in [-0.39, 0.29) is 11.3 Å². The van der Waals surface area contributed by atoms with Gasteiger partial charge in [-0.05, 0) is 39.9 Å². The Hall–Kier alpha value is -0.920. The number of unbranched alkanes of at least 4 members (excludes halogenated alkanes) is 1. The molecule has 0 heterocycles. The van der Waals surface area contributed by atoms with E-state index in [4.69, 9.17) is 9.66 Å². The lowest BCUT2D eigenvalue weighted by Gasteiger charge is -2.07. The highest BCUT2D eigenvalue weighted by Crippen LogP contribution is 1.94. The SMILES string of the molecule is C=C(CC)C(=O)O.CN(C)CCCCS(=O)(=O)O. The van der Waals surface area contributed by atoms with Crippen molar-refractivity contribution in [1.82, 2.24) is 4.90 Å². The van der Waals surface area contributed by atoms with Crippen molar-refractivity contribution in [3.8, 4) is 0 Å². The van der Waals surface area contributed by atoms with Crippen molar-refractivity contribution in [3.63, 3.8) is 0 Å². The van der Waals surface area contributed by atoms with Gasteiger partial charge in [0.25, 0.3) is 10.1 Å². The second kappa shape index (κ2) is 10.0. The highest BCUT2D eigenvalue weighted by atomic mass is 32.2. The predicted molar refractivity (Wildman–Crippen MR) is 71.3 cm³/mol. The first-order valence-electron chi connectivity index (χ1n) is 5.61. The van der Waals surface area contributed by atoms with Crippen LogP contribution in [0.1, 0.15) is 26.2 Å². The van der Waals surface area contributed by atoms with Gasteiger partial charge in [-0.25, -0.2) is 4.79 Å². The van der Waals surface area contributed by atoms with Crippen LogP contribution in [-0.2, 0) is 14.9 Å². The van der Waals surface area contributed by atoms with Crippen molar-refractivity contribution < 1.29 is 22.9 Å². The van der Waals surface area contributed by atoms with Crippen LogP contribution in [0, 0.1) is 0 Å². The van der Waals surface area contributed by atoms with Gasteiger partial charge in [-0.3, -0.25) is 4.55 Å². The quantitative estimate of drug-likeness (QED) is 0.414. The number of carboxylic acid groups (broad SMARTS) is 1. The molecular weight excluding hydrogens is 258 g/mol. The molecule has 2 N–H and O–H groups in total. The minimum Gasteiger partial charge on any atom is -0.478 e. The maximum absolute atomic E-state index is 10.2. The fourth-order valence-corrected chi connectivity index (χ4v) is 1.43. The molecule has 0 aliphatic carbocycles. The minimum atomic E-state index is -3.74. The van der Waals surface area contributed by atoms with Gasteiger partial charge in [0, 0.05) is 5.57 Å².